The standard InChI is InChI=1S/C10H11N2PS/c1-8-10(13-12(2)11-8)14-9-6-4-3-5-7-9/h3-7H,1-2H3. The Balaban J connectivity index is 2.23. The van der Waals surface area contributed by atoms with Gasteiger partial charge < -0.3 is 0 Å². The first kappa shape index (κ1) is 9.75. The van der Waals surface area contributed by atoms with Crippen LogP contribution in [0.5, 0.6) is 0 Å². The number of benzene rings is 1. The first-order chi connectivity index (χ1) is 6.75. The van der Waals surface area contributed by atoms with Gasteiger partial charge in [-0.3, -0.25) is 0 Å². The fourth-order valence-electron chi connectivity index (χ4n) is 1.18. The fraction of sp³-hybridized carbons (Fsp3) is 0.200. The van der Waals surface area contributed by atoms with Crippen LogP contribution in [0.3, 0.4) is 0 Å². The molecule has 0 aliphatic heterocycles. The van der Waals surface area contributed by atoms with Gasteiger partial charge >= 0.3 is 0 Å². The Bertz CT molecular complexity index is 425. The Kier molecular flexibility index (Phi) is 2.90. The summed E-state index contributed by atoms with van der Waals surface area (Å²) in [4.78, 5) is 1.28. The minimum Gasteiger partial charge on any atom is -0.249 e. The third-order valence-electron chi connectivity index (χ3n) is 1.80. The molecule has 0 amide bonds. The molecule has 1 aromatic heterocycles. The van der Waals surface area contributed by atoms with Gasteiger partial charge in [0.05, 0.1) is 10.3 Å². The molecule has 0 saturated carbocycles. The molecule has 14 heavy (non-hydrogen) atoms. The van der Waals surface area contributed by atoms with E-state index in [0.717, 1.165) is 5.69 Å². The monoisotopic (exact) mass is 222 g/mol. The van der Waals surface area contributed by atoms with Crippen LogP contribution >= 0.6 is 20.1 Å². The second-order valence-electron chi connectivity index (χ2n) is 3.00. The zero-order valence-electron chi connectivity index (χ0n) is 8.14. The van der Waals surface area contributed by atoms with Crippen molar-refractivity contribution < 1.29 is 0 Å². The fourth-order valence-corrected chi connectivity index (χ4v) is 3.35. The molecule has 2 rings (SSSR count). The summed E-state index contributed by atoms with van der Waals surface area (Å²) in [6.07, 6.45) is 0. The van der Waals surface area contributed by atoms with Crippen LogP contribution in [-0.2, 0) is 7.05 Å². The summed E-state index contributed by atoms with van der Waals surface area (Å²) in [5.74, 6) is 0. The lowest BCUT2D eigenvalue weighted by Crippen LogP contribution is -1.83. The van der Waals surface area contributed by atoms with Crippen LogP contribution in [0.25, 0.3) is 0 Å². The molecular weight excluding hydrogens is 211 g/mol. The molecule has 1 heterocycles. The molecule has 0 fully saturated rings. The summed E-state index contributed by atoms with van der Waals surface area (Å²) in [6.45, 7) is 2.06. The van der Waals surface area contributed by atoms with Gasteiger partial charge in [-0.1, -0.05) is 30.0 Å². The van der Waals surface area contributed by atoms with E-state index in [4.69, 9.17) is 0 Å². The van der Waals surface area contributed by atoms with Gasteiger partial charge in [-0.25, -0.2) is 4.44 Å². The first-order valence-corrected chi connectivity index (χ1v) is 6.03. The van der Waals surface area contributed by atoms with Crippen LogP contribution in [0.1, 0.15) is 5.69 Å². The van der Waals surface area contributed by atoms with Crippen molar-refractivity contribution in [3.05, 3.63) is 36.0 Å². The Morgan fingerprint density at radius 3 is 2.57 bits per heavy atom. The molecule has 0 aliphatic carbocycles. The third-order valence-corrected chi connectivity index (χ3v) is 4.20. The normalized spacial score (nSPS) is 11.0. The topological polar surface area (TPSA) is 17.8 Å². The lowest BCUT2D eigenvalue weighted by atomic mass is 10.4. The summed E-state index contributed by atoms with van der Waals surface area (Å²) >= 11 is 1.79. The number of rotatable bonds is 2. The molecule has 0 radical (unpaired) electrons. The van der Waals surface area contributed by atoms with E-state index in [1.165, 1.54) is 17.9 Å². The molecule has 0 bridgehead atoms. The first-order valence-electron chi connectivity index (χ1n) is 4.36. The molecule has 1 aromatic carbocycles. The zero-order valence-corrected chi connectivity index (χ0v) is 9.85. The van der Waals surface area contributed by atoms with Crippen LogP contribution in [0, 0.1) is 6.92 Å². The molecule has 0 spiro atoms. The highest BCUT2D eigenvalue weighted by Gasteiger charge is 2.05. The quantitative estimate of drug-likeness (QED) is 0.774. The number of hydrogen-bond acceptors (Lipinski definition) is 2. The lowest BCUT2D eigenvalue weighted by Gasteiger charge is -1.96. The van der Waals surface area contributed by atoms with E-state index in [-0.39, 0.29) is 0 Å². The predicted octanol–water partition coefficient (Wildman–Crippen LogP) is 3.46. The summed E-state index contributed by atoms with van der Waals surface area (Å²) in [5.41, 5.74) is 1.13. The molecule has 2 nitrogen and oxygen atoms in total. The van der Waals surface area contributed by atoms with Gasteiger partial charge in [-0.2, -0.15) is 5.10 Å². The Morgan fingerprint density at radius 1 is 1.29 bits per heavy atom. The lowest BCUT2D eigenvalue weighted by molar-refractivity contribution is 0.821. The van der Waals surface area contributed by atoms with E-state index in [1.807, 2.05) is 17.6 Å². The average Bonchev–Trinajstić information content (AvgIpc) is 2.47. The van der Waals surface area contributed by atoms with Crippen molar-refractivity contribution in [3.8, 4) is 0 Å². The van der Waals surface area contributed by atoms with Crippen molar-refractivity contribution >= 4 is 20.1 Å². The predicted molar refractivity (Wildman–Crippen MR) is 61.0 cm³/mol. The average molecular weight is 222 g/mol. The van der Waals surface area contributed by atoms with Gasteiger partial charge in [0.2, 0.25) is 0 Å². The molecule has 0 saturated heterocycles. The van der Waals surface area contributed by atoms with Crippen molar-refractivity contribution in [2.24, 2.45) is 7.05 Å². The van der Waals surface area contributed by atoms with E-state index in [9.17, 15) is 0 Å². The van der Waals surface area contributed by atoms with Crippen LogP contribution in [0.2, 0.25) is 0 Å². The smallest absolute Gasteiger partial charge is 0.0809 e. The molecule has 72 valence electrons. The third kappa shape index (κ3) is 2.17. The van der Waals surface area contributed by atoms with E-state index < -0.39 is 0 Å². The number of nitrogens with zero attached hydrogens (tertiary/aromatic N) is 2. The van der Waals surface area contributed by atoms with E-state index >= 15 is 0 Å². The molecule has 0 atom stereocenters. The number of aryl methyl sites for hydroxylation is 2. The molecule has 4 heteroatoms. The zero-order chi connectivity index (χ0) is 9.97. The highest BCUT2D eigenvalue weighted by molar-refractivity contribution is 8.01. The van der Waals surface area contributed by atoms with Gasteiger partial charge in [-0.05, 0) is 19.1 Å². The Labute approximate surface area is 89.5 Å². The van der Waals surface area contributed by atoms with Gasteiger partial charge in [0.25, 0.3) is 0 Å². The maximum Gasteiger partial charge on any atom is 0.0809 e. The summed E-state index contributed by atoms with van der Waals surface area (Å²) in [5, 5.41) is 4.35. The van der Waals surface area contributed by atoms with E-state index in [1.54, 1.807) is 11.8 Å². The van der Waals surface area contributed by atoms with Gasteiger partial charge in [0, 0.05) is 20.3 Å². The van der Waals surface area contributed by atoms with Gasteiger partial charge in [-0.15, -0.1) is 0 Å². The van der Waals surface area contributed by atoms with Crippen molar-refractivity contribution in [1.82, 2.24) is 9.54 Å². The molecule has 2 aromatic rings. The number of hydrogen-bond donors (Lipinski definition) is 0. The second-order valence-corrected chi connectivity index (χ2v) is 5.61. The maximum absolute atomic E-state index is 4.35. The Hall–Kier alpha value is -0.790. The minimum absolute atomic E-state index is 1.13. The van der Waals surface area contributed by atoms with Crippen LogP contribution in [-0.4, -0.2) is 9.54 Å². The molecule has 0 unspecified atom stereocenters. The van der Waals surface area contributed by atoms with Crippen LogP contribution < -0.4 is 0 Å². The maximum atomic E-state index is 4.35. The van der Waals surface area contributed by atoms with Crippen molar-refractivity contribution in [2.75, 3.05) is 0 Å². The van der Waals surface area contributed by atoms with E-state index in [2.05, 4.69) is 36.3 Å². The van der Waals surface area contributed by atoms with Crippen molar-refractivity contribution in [1.29, 1.82) is 0 Å². The molecular formula is C10H11N2PS. The highest BCUT2D eigenvalue weighted by Crippen LogP contribution is 2.35. The van der Waals surface area contributed by atoms with Crippen molar-refractivity contribution in [3.63, 3.8) is 0 Å². The largest absolute Gasteiger partial charge is 0.249 e. The van der Waals surface area contributed by atoms with Crippen molar-refractivity contribution in [2.45, 2.75) is 16.4 Å². The SMILES string of the molecule is Cc1nn(C)pc1Sc1ccccc1. The minimum atomic E-state index is 1.13. The van der Waals surface area contributed by atoms with Gasteiger partial charge in [0.15, 0.2) is 0 Å². The molecule has 0 aliphatic rings. The van der Waals surface area contributed by atoms with Gasteiger partial charge in [0.1, 0.15) is 0 Å². The summed E-state index contributed by atoms with van der Waals surface area (Å²) < 4.78 is 3.26. The van der Waals surface area contributed by atoms with Crippen LogP contribution in [0.4, 0.5) is 0 Å². The van der Waals surface area contributed by atoms with Crippen LogP contribution in [0.15, 0.2) is 39.9 Å². The summed E-state index contributed by atoms with van der Waals surface area (Å²) in [6, 6.07) is 10.4. The molecule has 0 N–H and O–H groups in total. The second kappa shape index (κ2) is 4.16. The Morgan fingerprint density at radius 2 is 2.00 bits per heavy atom. The number of aromatic nitrogens is 2. The van der Waals surface area contributed by atoms with E-state index in [0.29, 0.717) is 0 Å². The summed E-state index contributed by atoms with van der Waals surface area (Å²) in [7, 11) is 3.17. The highest BCUT2D eigenvalue weighted by atomic mass is 32.2.